The fourth-order valence-electron chi connectivity index (χ4n) is 12.2. The summed E-state index contributed by atoms with van der Waals surface area (Å²) in [4.78, 5) is 7.08. The van der Waals surface area contributed by atoms with Crippen molar-refractivity contribution in [3.05, 3.63) is 227 Å². The minimum atomic E-state index is -5.93. The van der Waals surface area contributed by atoms with Gasteiger partial charge in [-0.3, -0.25) is 4.84 Å². The van der Waals surface area contributed by atoms with Gasteiger partial charge in [-0.1, -0.05) is 115 Å². The van der Waals surface area contributed by atoms with Crippen LogP contribution >= 0.6 is 7.41 Å². The molecular formula is C57H44BF15NOPSi. The second-order valence-corrected chi connectivity index (χ2v) is 28.6. The molecular weight excluding hydrogens is 1070 g/mol. The topological polar surface area (TPSA) is 12.5 Å². The molecule has 0 amide bonds. The van der Waals surface area contributed by atoms with Crippen molar-refractivity contribution in [2.45, 2.75) is 74.2 Å². The standard InChI is InChI=1S/C57H44BF15NOPSi/c1-24-20-26(3)34(27(4)21-24)55-36-32-18-14-15-19-33(32)57(77(8,9)10)37(35-39(59)43(63)47(67)44(64)40(35)60)58(36,38-41(61)45(65)48(68)46(66)42(38)62)74(75-30(7)31-16-12-11-13-17-31)76(55,54-28(5)22-25(2)23-29(54)6)56-52(72)50(70)49(69)51(71)53(56)73/h11-23,30H,1-10H3/t30-,58-,76?/m1/s1. The molecule has 9 rings (SSSR count). The summed E-state index contributed by atoms with van der Waals surface area (Å²) in [6.07, 6.45) is -7.09. The number of rotatable bonds is 9. The molecule has 0 radical (unpaired) electrons. The van der Waals surface area contributed by atoms with E-state index in [2.05, 4.69) is 0 Å². The highest BCUT2D eigenvalue weighted by Crippen LogP contribution is 2.82. The van der Waals surface area contributed by atoms with Crippen molar-refractivity contribution in [2.75, 3.05) is 0 Å². The zero-order valence-corrected chi connectivity index (χ0v) is 44.5. The number of aryl methyl sites for hydroxylation is 6. The molecule has 2 aliphatic rings. The summed E-state index contributed by atoms with van der Waals surface area (Å²) in [5, 5.41) is -3.32. The van der Waals surface area contributed by atoms with E-state index in [9.17, 15) is 0 Å². The van der Waals surface area contributed by atoms with E-state index in [0.29, 0.717) is 15.9 Å². The minimum Gasteiger partial charge on any atom is -0.298 e. The Morgan fingerprint density at radius 1 is 0.442 bits per heavy atom. The van der Waals surface area contributed by atoms with E-state index >= 15 is 65.9 Å². The van der Waals surface area contributed by atoms with E-state index in [4.69, 9.17) is 4.84 Å². The Bertz CT molecular complexity index is 3650. The number of benzene rings is 7. The average molecular weight is 1110 g/mol. The first-order valence-electron chi connectivity index (χ1n) is 23.9. The Morgan fingerprint density at radius 2 is 0.831 bits per heavy atom. The molecule has 7 aromatic rings. The summed E-state index contributed by atoms with van der Waals surface area (Å²) in [5.41, 5.74) is -5.97. The van der Waals surface area contributed by atoms with Crippen molar-refractivity contribution in [2.24, 2.45) is 0 Å². The number of hydrogen-bond donors (Lipinski definition) is 0. The molecule has 7 aromatic carbocycles. The van der Waals surface area contributed by atoms with Crippen molar-refractivity contribution < 1.29 is 70.7 Å². The molecule has 2 nitrogen and oxygen atoms in total. The van der Waals surface area contributed by atoms with Gasteiger partial charge in [-0.2, -0.15) is 14.3 Å². The summed E-state index contributed by atoms with van der Waals surface area (Å²) < 4.78 is 257. The highest BCUT2D eigenvalue weighted by molar-refractivity contribution is 7.99. The number of fused-ring (bicyclic) bond motifs is 3. The molecule has 0 aliphatic carbocycles. The first-order chi connectivity index (χ1) is 36.0. The fourth-order valence-corrected chi connectivity index (χ4v) is 20.0. The molecule has 0 N–H and O–H groups in total. The van der Waals surface area contributed by atoms with Crippen molar-refractivity contribution in [3.63, 3.8) is 0 Å². The van der Waals surface area contributed by atoms with E-state index in [1.165, 1.54) is 133 Å². The molecule has 0 saturated carbocycles. The van der Waals surface area contributed by atoms with Gasteiger partial charge in [0.05, 0.1) is 13.4 Å². The van der Waals surface area contributed by atoms with Crippen LogP contribution in [0.25, 0.3) is 21.5 Å². The van der Waals surface area contributed by atoms with Crippen molar-refractivity contribution in [1.29, 1.82) is 0 Å². The molecule has 2 aliphatic heterocycles. The first-order valence-corrected chi connectivity index (χ1v) is 29.2. The van der Waals surface area contributed by atoms with Gasteiger partial charge in [0.25, 0.3) is 0 Å². The smallest absolute Gasteiger partial charge is 0.230 e. The van der Waals surface area contributed by atoms with Gasteiger partial charge in [0.2, 0.25) is 41.2 Å². The Hall–Kier alpha value is -6.40. The quantitative estimate of drug-likeness (QED) is 0.0470. The highest BCUT2D eigenvalue weighted by Gasteiger charge is 2.73. The fraction of sp³-hybridized carbons (Fsp3) is 0.193. The molecule has 77 heavy (non-hydrogen) atoms. The average Bonchev–Trinajstić information content (AvgIpc) is 3.59. The summed E-state index contributed by atoms with van der Waals surface area (Å²) in [6, 6.07) is 18.3. The normalized spacial score (nSPS) is 18.1. The predicted octanol–water partition coefficient (Wildman–Crippen LogP) is 15.8. The lowest BCUT2D eigenvalue weighted by Crippen LogP contribution is -2.67. The van der Waals surface area contributed by atoms with Crippen molar-refractivity contribution in [3.8, 4) is 0 Å². The van der Waals surface area contributed by atoms with Crippen LogP contribution in [0.1, 0.15) is 74.2 Å². The predicted molar refractivity (Wildman–Crippen MR) is 273 cm³/mol. The van der Waals surface area contributed by atoms with Crippen LogP contribution in [0.15, 0.2) is 78.9 Å². The van der Waals surface area contributed by atoms with Gasteiger partial charge in [-0.15, -0.1) is 10.9 Å². The van der Waals surface area contributed by atoms with E-state index in [1.54, 1.807) is 13.8 Å². The number of hydrogen-bond acceptors (Lipinski definition) is 2. The van der Waals surface area contributed by atoms with Crippen LogP contribution in [0.3, 0.4) is 0 Å². The van der Waals surface area contributed by atoms with Gasteiger partial charge in [0, 0.05) is 11.1 Å². The second-order valence-electron chi connectivity index (χ2n) is 20.6. The van der Waals surface area contributed by atoms with Crippen LogP contribution in [-0.4, -0.2) is 19.1 Å². The molecule has 2 heterocycles. The maximum atomic E-state index is 18.4. The van der Waals surface area contributed by atoms with Gasteiger partial charge in [-0.05, 0) is 87.4 Å². The summed E-state index contributed by atoms with van der Waals surface area (Å²) in [6.45, 7) is 14.4. The van der Waals surface area contributed by atoms with Crippen LogP contribution in [-0.2, 0) is 4.84 Å². The van der Waals surface area contributed by atoms with Gasteiger partial charge in [-0.25, -0.2) is 61.8 Å². The highest BCUT2D eigenvalue weighted by atomic mass is 31.2. The summed E-state index contributed by atoms with van der Waals surface area (Å²) in [7, 11) is -9.83. The molecule has 400 valence electrons. The molecule has 0 fully saturated rings. The Labute approximate surface area is 434 Å². The third-order valence-corrected chi connectivity index (χ3v) is 21.2. The second kappa shape index (κ2) is 19.2. The third-order valence-electron chi connectivity index (χ3n) is 14.6. The zero-order valence-electron chi connectivity index (χ0n) is 42.6. The van der Waals surface area contributed by atoms with Gasteiger partial charge in [0.1, 0.15) is 23.0 Å². The maximum absolute atomic E-state index is 18.4. The third kappa shape index (κ3) is 7.75. The van der Waals surface area contributed by atoms with Crippen LogP contribution in [0.2, 0.25) is 19.6 Å². The van der Waals surface area contributed by atoms with Gasteiger partial charge < -0.3 is 0 Å². The lowest BCUT2D eigenvalue weighted by atomic mass is 9.20. The Balaban J connectivity index is 1.83. The van der Waals surface area contributed by atoms with Gasteiger partial charge in [0.15, 0.2) is 53.4 Å². The van der Waals surface area contributed by atoms with Crippen molar-refractivity contribution >= 4 is 59.3 Å². The Kier molecular flexibility index (Phi) is 13.8. The molecule has 3 atom stereocenters. The SMILES string of the molecule is Cc1cc(C)c(C2=C3c4ccccc4C([Si](C)(C)C)=C(c4c(F)c(F)c(F)c(F)c4F)[B@-]3(c3c(F)c(F)c(F)c(F)c3F)N(O[C@H](C)c3ccccc3)[P+]2(c2c(C)cc(C)cc2C)c2c(F)c(F)c(F)c(F)c2F)c(C)c1. The summed E-state index contributed by atoms with van der Waals surface area (Å²) >= 11 is 0. The Morgan fingerprint density at radius 3 is 1.29 bits per heavy atom. The summed E-state index contributed by atoms with van der Waals surface area (Å²) in [5.74, 6) is -40.2. The van der Waals surface area contributed by atoms with Crippen LogP contribution < -0.4 is 16.1 Å². The molecule has 0 bridgehead atoms. The van der Waals surface area contributed by atoms with Crippen molar-refractivity contribution in [1.82, 2.24) is 4.74 Å². The monoisotopic (exact) mass is 1110 g/mol. The van der Waals surface area contributed by atoms with Crippen LogP contribution in [0.4, 0.5) is 65.9 Å². The number of halogens is 15. The van der Waals surface area contributed by atoms with E-state index in [0.717, 1.165) is 0 Å². The van der Waals surface area contributed by atoms with E-state index in [1.807, 2.05) is 0 Å². The molecule has 20 heteroatoms. The lowest BCUT2D eigenvalue weighted by Gasteiger charge is -2.54. The van der Waals surface area contributed by atoms with Crippen LogP contribution in [0.5, 0.6) is 0 Å². The first kappa shape index (κ1) is 55.4. The maximum Gasteiger partial charge on any atom is 0.230 e. The molecule has 0 spiro atoms. The van der Waals surface area contributed by atoms with E-state index < -0.39 is 158 Å². The van der Waals surface area contributed by atoms with E-state index in [-0.39, 0.29) is 44.5 Å². The van der Waals surface area contributed by atoms with Gasteiger partial charge >= 0.3 is 0 Å². The molecule has 1 unspecified atom stereocenters. The van der Waals surface area contributed by atoms with Crippen LogP contribution in [0, 0.1) is 129 Å². The lowest BCUT2D eigenvalue weighted by molar-refractivity contribution is -0.0711. The number of nitrogens with zero attached hydrogens (tertiary/aromatic N) is 1. The molecule has 0 aromatic heterocycles. The minimum absolute atomic E-state index is 0.0600. The largest absolute Gasteiger partial charge is 0.298 e. The molecule has 0 saturated heterocycles. The zero-order chi connectivity index (χ0) is 56.6.